The summed E-state index contributed by atoms with van der Waals surface area (Å²) in [4.78, 5) is 4.37. The van der Waals surface area contributed by atoms with Gasteiger partial charge in [0.1, 0.15) is 5.82 Å². The predicted octanol–water partition coefficient (Wildman–Crippen LogP) is 3.57. The molecule has 1 saturated carbocycles. The van der Waals surface area contributed by atoms with Crippen LogP contribution in [0.3, 0.4) is 0 Å². The molecule has 0 spiro atoms. The SMILES string of the molecule is OC[C@]1(O)CC[C@@H](Nc2cccc3nc(Nc4ccc(C(F)(F)F)cc4)nn23)CC1. The van der Waals surface area contributed by atoms with Gasteiger partial charge in [0.25, 0.3) is 0 Å². The first kappa shape index (κ1) is 20.4. The van der Waals surface area contributed by atoms with E-state index in [1.54, 1.807) is 10.6 Å². The minimum Gasteiger partial charge on any atom is -0.393 e. The largest absolute Gasteiger partial charge is 0.416 e. The van der Waals surface area contributed by atoms with Crippen molar-refractivity contribution in [1.82, 2.24) is 14.6 Å². The van der Waals surface area contributed by atoms with Crippen LogP contribution in [0.25, 0.3) is 5.65 Å². The van der Waals surface area contributed by atoms with Crippen LogP contribution in [0.5, 0.6) is 0 Å². The Balaban J connectivity index is 1.48. The number of rotatable bonds is 5. The molecule has 1 aliphatic carbocycles. The maximum Gasteiger partial charge on any atom is 0.416 e. The van der Waals surface area contributed by atoms with Crippen LogP contribution in [0, 0.1) is 0 Å². The van der Waals surface area contributed by atoms with Gasteiger partial charge >= 0.3 is 6.18 Å². The normalized spacial score (nSPS) is 22.2. The molecule has 3 aromatic rings. The van der Waals surface area contributed by atoms with E-state index in [2.05, 4.69) is 20.7 Å². The number of pyridine rings is 1. The summed E-state index contributed by atoms with van der Waals surface area (Å²) in [6.45, 7) is -0.239. The number of hydrogen-bond donors (Lipinski definition) is 4. The Morgan fingerprint density at radius 2 is 1.80 bits per heavy atom. The van der Waals surface area contributed by atoms with Gasteiger partial charge in [0, 0.05) is 11.7 Å². The van der Waals surface area contributed by atoms with Gasteiger partial charge in [-0.25, -0.2) is 0 Å². The van der Waals surface area contributed by atoms with Crippen LogP contribution >= 0.6 is 0 Å². The van der Waals surface area contributed by atoms with Crippen molar-refractivity contribution in [2.75, 3.05) is 17.2 Å². The minimum atomic E-state index is -4.38. The van der Waals surface area contributed by atoms with Gasteiger partial charge in [-0.15, -0.1) is 5.10 Å². The van der Waals surface area contributed by atoms with Crippen molar-refractivity contribution in [3.05, 3.63) is 48.0 Å². The zero-order valence-electron chi connectivity index (χ0n) is 16.0. The average Bonchev–Trinajstić information content (AvgIpc) is 3.13. The molecule has 4 N–H and O–H groups in total. The number of benzene rings is 1. The third kappa shape index (κ3) is 4.34. The quantitative estimate of drug-likeness (QED) is 0.503. The summed E-state index contributed by atoms with van der Waals surface area (Å²) in [5.74, 6) is 0.988. The summed E-state index contributed by atoms with van der Waals surface area (Å²) in [5.41, 5.74) is -0.694. The molecule has 2 heterocycles. The molecule has 0 atom stereocenters. The summed E-state index contributed by atoms with van der Waals surface area (Å²) >= 11 is 0. The van der Waals surface area contributed by atoms with Crippen LogP contribution in [-0.4, -0.2) is 43.1 Å². The van der Waals surface area contributed by atoms with Crippen molar-refractivity contribution in [1.29, 1.82) is 0 Å². The molecule has 1 fully saturated rings. The van der Waals surface area contributed by atoms with E-state index in [9.17, 15) is 23.4 Å². The molecule has 0 aliphatic heterocycles. The second-order valence-electron chi connectivity index (χ2n) is 7.62. The van der Waals surface area contributed by atoms with Crippen molar-refractivity contribution in [2.45, 2.75) is 43.5 Å². The number of nitrogens with zero attached hydrogens (tertiary/aromatic N) is 3. The van der Waals surface area contributed by atoms with Crippen molar-refractivity contribution < 1.29 is 23.4 Å². The standard InChI is InChI=1S/C20H22F3N5O2/c21-20(22,23)13-4-6-14(7-5-13)25-18-26-17-3-1-2-16(28(17)27-18)24-15-8-10-19(30,12-29)11-9-15/h1-7,15,24,29-30H,8-12H2,(H,25,27)/t15-,19+. The molecule has 0 unspecified atom stereocenters. The summed E-state index contributed by atoms with van der Waals surface area (Å²) in [6, 6.07) is 10.3. The molecule has 0 bridgehead atoms. The smallest absolute Gasteiger partial charge is 0.393 e. The van der Waals surface area contributed by atoms with E-state index in [4.69, 9.17) is 0 Å². The van der Waals surface area contributed by atoms with Gasteiger partial charge in [-0.2, -0.15) is 22.7 Å². The molecule has 0 radical (unpaired) electrons. The number of hydrogen-bond acceptors (Lipinski definition) is 6. The highest BCUT2D eigenvalue weighted by Crippen LogP contribution is 2.31. The molecular weight excluding hydrogens is 399 g/mol. The lowest BCUT2D eigenvalue weighted by molar-refractivity contribution is -0.137. The molecule has 7 nitrogen and oxygen atoms in total. The van der Waals surface area contributed by atoms with E-state index in [1.807, 2.05) is 12.1 Å². The summed E-state index contributed by atoms with van der Waals surface area (Å²) in [5, 5.41) is 30.2. The molecule has 1 aliphatic rings. The molecule has 30 heavy (non-hydrogen) atoms. The Labute approximate surface area is 170 Å². The van der Waals surface area contributed by atoms with E-state index < -0.39 is 17.3 Å². The third-order valence-corrected chi connectivity index (χ3v) is 5.39. The highest BCUT2D eigenvalue weighted by Gasteiger charge is 2.33. The van der Waals surface area contributed by atoms with Crippen LogP contribution < -0.4 is 10.6 Å². The molecule has 0 amide bonds. The van der Waals surface area contributed by atoms with E-state index in [-0.39, 0.29) is 18.6 Å². The zero-order chi connectivity index (χ0) is 21.4. The molecular formula is C20H22F3N5O2. The Morgan fingerprint density at radius 3 is 2.43 bits per heavy atom. The van der Waals surface area contributed by atoms with Crippen molar-refractivity contribution in [2.24, 2.45) is 0 Å². The maximum atomic E-state index is 12.7. The van der Waals surface area contributed by atoms with Gasteiger partial charge < -0.3 is 20.8 Å². The second-order valence-corrected chi connectivity index (χ2v) is 7.62. The third-order valence-electron chi connectivity index (χ3n) is 5.39. The lowest BCUT2D eigenvalue weighted by atomic mass is 9.83. The van der Waals surface area contributed by atoms with E-state index >= 15 is 0 Å². The van der Waals surface area contributed by atoms with Crippen LogP contribution in [0.15, 0.2) is 42.5 Å². The molecule has 160 valence electrons. The van der Waals surface area contributed by atoms with Gasteiger partial charge in [0.15, 0.2) is 5.65 Å². The van der Waals surface area contributed by atoms with E-state index in [0.29, 0.717) is 37.0 Å². The van der Waals surface area contributed by atoms with Crippen LogP contribution in [0.1, 0.15) is 31.2 Å². The molecule has 1 aromatic carbocycles. The van der Waals surface area contributed by atoms with Crippen molar-refractivity contribution in [3.63, 3.8) is 0 Å². The van der Waals surface area contributed by atoms with Gasteiger partial charge in [0.05, 0.1) is 17.8 Å². The monoisotopic (exact) mass is 421 g/mol. The van der Waals surface area contributed by atoms with Gasteiger partial charge in [-0.3, -0.25) is 0 Å². The second kappa shape index (κ2) is 7.77. The number of halogens is 3. The highest BCUT2D eigenvalue weighted by molar-refractivity contribution is 5.58. The summed E-state index contributed by atoms with van der Waals surface area (Å²) < 4.78 is 39.7. The first-order chi connectivity index (χ1) is 14.3. The van der Waals surface area contributed by atoms with Gasteiger partial charge in [0.2, 0.25) is 5.95 Å². The fraction of sp³-hybridized carbons (Fsp3) is 0.400. The Hall–Kier alpha value is -2.85. The number of aliphatic hydroxyl groups is 2. The molecule has 10 heteroatoms. The van der Waals surface area contributed by atoms with Crippen LogP contribution in [0.4, 0.5) is 30.6 Å². The van der Waals surface area contributed by atoms with E-state index in [1.165, 1.54) is 12.1 Å². The average molecular weight is 421 g/mol. The number of anilines is 3. The fourth-order valence-corrected chi connectivity index (χ4v) is 3.61. The molecule has 0 saturated heterocycles. The Morgan fingerprint density at radius 1 is 1.10 bits per heavy atom. The van der Waals surface area contributed by atoms with Gasteiger partial charge in [-0.05, 0) is 62.1 Å². The number of aliphatic hydroxyl groups excluding tert-OH is 1. The Bertz CT molecular complexity index is 1010. The topological polar surface area (TPSA) is 94.7 Å². The minimum absolute atomic E-state index is 0.123. The van der Waals surface area contributed by atoms with Gasteiger partial charge in [-0.1, -0.05) is 6.07 Å². The fourth-order valence-electron chi connectivity index (χ4n) is 3.61. The summed E-state index contributed by atoms with van der Waals surface area (Å²) in [6.07, 6.45) is -1.95. The number of nitrogens with one attached hydrogen (secondary N) is 2. The maximum absolute atomic E-state index is 12.7. The van der Waals surface area contributed by atoms with E-state index in [0.717, 1.165) is 18.0 Å². The number of fused-ring (bicyclic) bond motifs is 1. The van der Waals surface area contributed by atoms with Crippen LogP contribution in [0.2, 0.25) is 0 Å². The first-order valence-electron chi connectivity index (χ1n) is 9.66. The van der Waals surface area contributed by atoms with Crippen molar-refractivity contribution in [3.8, 4) is 0 Å². The molecule has 4 rings (SSSR count). The summed E-state index contributed by atoms with van der Waals surface area (Å²) in [7, 11) is 0. The van der Waals surface area contributed by atoms with Crippen molar-refractivity contribution >= 4 is 23.1 Å². The lowest BCUT2D eigenvalue weighted by Gasteiger charge is -2.35. The lowest BCUT2D eigenvalue weighted by Crippen LogP contribution is -2.41. The zero-order valence-corrected chi connectivity index (χ0v) is 16.0. The number of aromatic nitrogens is 3. The number of alkyl halides is 3. The molecule has 2 aromatic heterocycles. The first-order valence-corrected chi connectivity index (χ1v) is 9.66. The predicted molar refractivity (Wildman–Crippen MR) is 106 cm³/mol. The Kier molecular flexibility index (Phi) is 5.29. The highest BCUT2D eigenvalue weighted by atomic mass is 19.4. The van der Waals surface area contributed by atoms with Crippen LogP contribution in [-0.2, 0) is 6.18 Å².